The normalized spacial score (nSPS) is 27.1. The van der Waals surface area contributed by atoms with E-state index < -0.39 is 17.5 Å². The van der Waals surface area contributed by atoms with Gasteiger partial charge in [0, 0.05) is 0 Å². The van der Waals surface area contributed by atoms with Crippen molar-refractivity contribution >= 4 is 0 Å². The van der Waals surface area contributed by atoms with Crippen molar-refractivity contribution in [2.24, 2.45) is 11.8 Å². The lowest BCUT2D eigenvalue weighted by Gasteiger charge is -2.36. The predicted octanol–water partition coefficient (Wildman–Crippen LogP) is 6.27. The van der Waals surface area contributed by atoms with Gasteiger partial charge in [-0.1, -0.05) is 32.1 Å². The number of benzene rings is 1. The molecule has 3 heteroatoms. The minimum atomic E-state index is -1.34. The van der Waals surface area contributed by atoms with Crippen LogP contribution < -0.4 is 0 Å². The average molecular weight is 310 g/mol. The number of halogens is 3. The minimum Gasteiger partial charge on any atom is -0.204 e. The highest BCUT2D eigenvalue weighted by Gasteiger charge is 2.30. The average Bonchev–Trinajstić information content (AvgIpc) is 2.57. The Morgan fingerprint density at radius 3 is 2.00 bits per heavy atom. The quantitative estimate of drug-likeness (QED) is 0.565. The first-order valence-electron chi connectivity index (χ1n) is 8.72. The van der Waals surface area contributed by atoms with Crippen LogP contribution in [0.4, 0.5) is 13.2 Å². The van der Waals surface area contributed by atoms with Gasteiger partial charge in [-0.2, -0.15) is 0 Å². The van der Waals surface area contributed by atoms with E-state index >= 15 is 0 Å². The van der Waals surface area contributed by atoms with E-state index in [9.17, 15) is 13.2 Å². The molecule has 2 aliphatic rings. The van der Waals surface area contributed by atoms with E-state index in [1.807, 2.05) is 0 Å². The van der Waals surface area contributed by atoms with E-state index in [0.29, 0.717) is 11.1 Å². The van der Waals surface area contributed by atoms with E-state index in [1.165, 1.54) is 38.2 Å². The predicted molar refractivity (Wildman–Crippen MR) is 82.3 cm³/mol. The topological polar surface area (TPSA) is 0 Å². The summed E-state index contributed by atoms with van der Waals surface area (Å²) < 4.78 is 40.6. The molecule has 0 spiro atoms. The van der Waals surface area contributed by atoms with Gasteiger partial charge >= 0.3 is 0 Å². The molecule has 0 nitrogen and oxygen atoms in total. The Labute approximate surface area is 131 Å². The molecule has 22 heavy (non-hydrogen) atoms. The van der Waals surface area contributed by atoms with Crippen LogP contribution in [0.3, 0.4) is 0 Å². The summed E-state index contributed by atoms with van der Waals surface area (Å²) in [5, 5.41) is 0. The molecule has 2 aliphatic carbocycles. The summed E-state index contributed by atoms with van der Waals surface area (Å²) >= 11 is 0. The Morgan fingerprint density at radius 1 is 0.773 bits per heavy atom. The van der Waals surface area contributed by atoms with Gasteiger partial charge in [-0.3, -0.25) is 0 Å². The van der Waals surface area contributed by atoms with E-state index in [2.05, 4.69) is 0 Å². The van der Waals surface area contributed by atoms with Crippen LogP contribution in [0.5, 0.6) is 0 Å². The third kappa shape index (κ3) is 3.04. The maximum absolute atomic E-state index is 13.8. The summed E-state index contributed by atoms with van der Waals surface area (Å²) in [6, 6.07) is 1.22. The third-order valence-electron chi connectivity index (χ3n) is 5.98. The zero-order valence-electron chi connectivity index (χ0n) is 13.3. The van der Waals surface area contributed by atoms with Gasteiger partial charge < -0.3 is 0 Å². The van der Waals surface area contributed by atoms with Crippen molar-refractivity contribution in [1.82, 2.24) is 0 Å². The first-order valence-corrected chi connectivity index (χ1v) is 8.72. The van der Waals surface area contributed by atoms with Crippen molar-refractivity contribution in [2.45, 2.75) is 70.6 Å². The molecule has 0 aliphatic heterocycles. The first-order chi connectivity index (χ1) is 10.6. The molecule has 0 unspecified atom stereocenters. The highest BCUT2D eigenvalue weighted by molar-refractivity contribution is 5.32. The molecule has 2 fully saturated rings. The summed E-state index contributed by atoms with van der Waals surface area (Å²) in [4.78, 5) is 0. The van der Waals surface area contributed by atoms with Gasteiger partial charge in [0.15, 0.2) is 17.5 Å². The summed E-state index contributed by atoms with van der Waals surface area (Å²) in [6.07, 6.45) is 11.1. The molecular formula is C19H25F3. The van der Waals surface area contributed by atoms with Crippen molar-refractivity contribution < 1.29 is 13.2 Å². The molecule has 1 aromatic carbocycles. The van der Waals surface area contributed by atoms with Crippen LogP contribution in [-0.4, -0.2) is 0 Å². The Kier molecular flexibility index (Phi) is 4.79. The second-order valence-electron chi connectivity index (χ2n) is 7.21. The van der Waals surface area contributed by atoms with Crippen LogP contribution in [-0.2, 0) is 0 Å². The summed E-state index contributed by atoms with van der Waals surface area (Å²) in [5.74, 6) is -1.57. The van der Waals surface area contributed by atoms with Gasteiger partial charge in [0.25, 0.3) is 0 Å². The summed E-state index contributed by atoms with van der Waals surface area (Å²) in [7, 11) is 0. The van der Waals surface area contributed by atoms with Crippen LogP contribution >= 0.6 is 0 Å². The Bertz CT molecular complexity index is 524. The second kappa shape index (κ2) is 6.64. The largest absolute Gasteiger partial charge is 0.204 e. The van der Waals surface area contributed by atoms with Crippen molar-refractivity contribution in [2.75, 3.05) is 0 Å². The van der Waals surface area contributed by atoms with E-state index in [-0.39, 0.29) is 5.92 Å². The molecule has 0 amide bonds. The molecule has 2 saturated carbocycles. The molecule has 0 N–H and O–H groups in total. The molecule has 0 atom stereocenters. The fourth-order valence-electron chi connectivity index (χ4n) is 4.64. The van der Waals surface area contributed by atoms with Crippen molar-refractivity contribution in [3.63, 3.8) is 0 Å². The number of hydrogen-bond donors (Lipinski definition) is 0. The van der Waals surface area contributed by atoms with Crippen LogP contribution in [0.2, 0.25) is 0 Å². The molecule has 0 heterocycles. The lowest BCUT2D eigenvalue weighted by atomic mass is 9.69. The standard InChI is InChI=1S/C19H25F3/c1-12-16(11-17(20)19(22)18(12)21)15-9-7-14(8-10-15)13-5-3-2-4-6-13/h11,13-15H,2-10H2,1H3. The van der Waals surface area contributed by atoms with Gasteiger partial charge in [0.1, 0.15) is 0 Å². The minimum absolute atomic E-state index is 0.185. The van der Waals surface area contributed by atoms with Gasteiger partial charge in [0.05, 0.1) is 0 Å². The molecule has 0 saturated heterocycles. The van der Waals surface area contributed by atoms with Gasteiger partial charge in [-0.05, 0) is 67.6 Å². The second-order valence-corrected chi connectivity index (χ2v) is 7.21. The van der Waals surface area contributed by atoms with Crippen LogP contribution in [0.15, 0.2) is 6.07 Å². The Balaban J connectivity index is 1.69. The fraction of sp³-hybridized carbons (Fsp3) is 0.684. The zero-order valence-corrected chi connectivity index (χ0v) is 13.3. The van der Waals surface area contributed by atoms with Gasteiger partial charge in [-0.25, -0.2) is 13.2 Å². The Morgan fingerprint density at radius 2 is 1.36 bits per heavy atom. The molecule has 3 rings (SSSR count). The monoisotopic (exact) mass is 310 g/mol. The number of rotatable bonds is 2. The maximum Gasteiger partial charge on any atom is 0.194 e. The molecule has 0 aromatic heterocycles. The zero-order chi connectivity index (χ0) is 15.7. The third-order valence-corrected chi connectivity index (χ3v) is 5.98. The Hall–Kier alpha value is -0.990. The molecule has 122 valence electrons. The lowest BCUT2D eigenvalue weighted by molar-refractivity contribution is 0.185. The van der Waals surface area contributed by atoms with Crippen molar-refractivity contribution in [3.8, 4) is 0 Å². The van der Waals surface area contributed by atoms with Gasteiger partial charge in [0.2, 0.25) is 0 Å². The van der Waals surface area contributed by atoms with Gasteiger partial charge in [-0.15, -0.1) is 0 Å². The summed E-state index contributed by atoms with van der Waals surface area (Å²) in [5.41, 5.74) is 0.971. The van der Waals surface area contributed by atoms with Crippen molar-refractivity contribution in [3.05, 3.63) is 34.6 Å². The maximum atomic E-state index is 13.8. The van der Waals surface area contributed by atoms with Crippen molar-refractivity contribution in [1.29, 1.82) is 0 Å². The molecule has 1 aromatic rings. The SMILES string of the molecule is Cc1c(C2CCC(C3CCCCC3)CC2)cc(F)c(F)c1F. The van der Waals surface area contributed by atoms with E-state index in [4.69, 9.17) is 0 Å². The smallest absolute Gasteiger partial charge is 0.194 e. The van der Waals surface area contributed by atoms with E-state index in [1.54, 1.807) is 6.92 Å². The van der Waals surface area contributed by atoms with Crippen LogP contribution in [0, 0.1) is 36.2 Å². The fourth-order valence-corrected chi connectivity index (χ4v) is 4.64. The summed E-state index contributed by atoms with van der Waals surface area (Å²) in [6.45, 7) is 1.57. The van der Waals surface area contributed by atoms with E-state index in [0.717, 1.165) is 37.5 Å². The molecule has 0 bridgehead atoms. The number of hydrogen-bond acceptors (Lipinski definition) is 0. The van der Waals surface area contributed by atoms with Crippen LogP contribution in [0.1, 0.15) is 74.8 Å². The van der Waals surface area contributed by atoms with Crippen LogP contribution in [0.25, 0.3) is 0 Å². The highest BCUT2D eigenvalue weighted by Crippen LogP contribution is 2.44. The first kappa shape index (κ1) is 15.9. The molecule has 0 radical (unpaired) electrons. The molecular weight excluding hydrogens is 285 g/mol. The lowest BCUT2D eigenvalue weighted by Crippen LogP contribution is -2.23. The highest BCUT2D eigenvalue weighted by atomic mass is 19.2.